The predicted molar refractivity (Wildman–Crippen MR) is 216 cm³/mol. The molecule has 0 bridgehead atoms. The summed E-state index contributed by atoms with van der Waals surface area (Å²) < 4.78 is 13.7. The zero-order chi connectivity index (χ0) is 34.7. The van der Waals surface area contributed by atoms with E-state index in [0.717, 1.165) is 60.5 Å². The molecule has 0 aliphatic carbocycles. The fourth-order valence-corrected chi connectivity index (χ4v) is 9.01. The molecule has 5 heterocycles. The van der Waals surface area contributed by atoms with Gasteiger partial charge in [-0.05, 0) is 64.2 Å². The molecule has 11 aromatic rings. The van der Waals surface area contributed by atoms with E-state index < -0.39 is 0 Å². The van der Waals surface area contributed by atoms with E-state index in [4.69, 9.17) is 14.7 Å². The summed E-state index contributed by atoms with van der Waals surface area (Å²) in [5, 5.41) is 7.93. The molecule has 53 heavy (non-hydrogen) atoms. The van der Waals surface area contributed by atoms with Gasteiger partial charge in [0.2, 0.25) is 0 Å². The smallest absolute Gasteiger partial charge is 0.503 e. The minimum absolute atomic E-state index is 0. The van der Waals surface area contributed by atoms with Crippen molar-refractivity contribution >= 4 is 91.7 Å². The summed E-state index contributed by atoms with van der Waals surface area (Å²) in [7, 11) is 0. The van der Waals surface area contributed by atoms with Gasteiger partial charge in [0.05, 0.1) is 16.7 Å². The van der Waals surface area contributed by atoms with Crippen molar-refractivity contribution in [1.82, 2.24) is 18.9 Å². The Morgan fingerprint density at radius 3 is 2.23 bits per heavy atom. The number of thiophene rings is 1. The summed E-state index contributed by atoms with van der Waals surface area (Å²) in [4.78, 5) is 10.0. The maximum Gasteiger partial charge on any atom is 2.00 e. The van der Waals surface area contributed by atoms with E-state index in [1.165, 1.54) is 31.3 Å². The van der Waals surface area contributed by atoms with Crippen LogP contribution in [0.2, 0.25) is 0 Å². The number of fused-ring (bicyclic) bond motifs is 15. The Kier molecular flexibility index (Phi) is 7.10. The quantitative estimate of drug-likeness (QED) is 0.102. The molecule has 5 nitrogen and oxygen atoms in total. The number of ether oxygens (including phenoxy) is 1. The molecular weight excluding hydrogens is 763 g/mol. The van der Waals surface area contributed by atoms with E-state index in [1.54, 1.807) is 0 Å². The predicted octanol–water partition coefficient (Wildman–Crippen LogP) is 12.3. The molecule has 7 heteroatoms. The van der Waals surface area contributed by atoms with Crippen LogP contribution >= 0.6 is 11.3 Å². The Morgan fingerprint density at radius 2 is 1.38 bits per heavy atom. The molecule has 0 saturated heterocycles. The van der Waals surface area contributed by atoms with Gasteiger partial charge in [-0.3, -0.25) is 4.98 Å². The van der Waals surface area contributed by atoms with Gasteiger partial charge >= 0.3 is 20.4 Å². The molecule has 0 saturated carbocycles. The topological polar surface area (TPSA) is 44.4 Å². The van der Waals surface area contributed by atoms with Crippen LogP contribution in [-0.4, -0.2) is 18.9 Å². The summed E-state index contributed by atoms with van der Waals surface area (Å²) in [6.07, 6.45) is 1.90. The van der Waals surface area contributed by atoms with Crippen molar-refractivity contribution in [2.45, 2.75) is 26.2 Å². The van der Waals surface area contributed by atoms with Crippen molar-refractivity contribution in [1.29, 1.82) is 0 Å². The van der Waals surface area contributed by atoms with Crippen LogP contribution < -0.4 is 4.74 Å². The molecule has 256 valence electrons. The van der Waals surface area contributed by atoms with Crippen LogP contribution in [0.3, 0.4) is 0 Å². The summed E-state index contributed by atoms with van der Waals surface area (Å²) in [5.41, 5.74) is 7.26. The molecule has 0 N–H and O–H groups in total. The van der Waals surface area contributed by atoms with Crippen LogP contribution in [0, 0.1) is 12.1 Å². The van der Waals surface area contributed by atoms with Crippen LogP contribution in [0.15, 0.2) is 128 Å². The van der Waals surface area contributed by atoms with Crippen LogP contribution in [0.4, 0.5) is 0 Å². The van der Waals surface area contributed by atoms with Crippen molar-refractivity contribution in [2.24, 2.45) is 0 Å². The van der Waals surface area contributed by atoms with E-state index in [0.29, 0.717) is 11.5 Å². The summed E-state index contributed by atoms with van der Waals surface area (Å²) in [5.74, 6) is 2.07. The largest absolute Gasteiger partial charge is 2.00 e. The Balaban J connectivity index is 0.00000349. The van der Waals surface area contributed by atoms with Crippen molar-refractivity contribution < 1.29 is 25.2 Å². The molecule has 0 spiro atoms. The number of benzene rings is 6. The van der Waals surface area contributed by atoms with Gasteiger partial charge in [-0.25, -0.2) is 4.98 Å². The summed E-state index contributed by atoms with van der Waals surface area (Å²) >= 11 is 1.83. The molecule has 0 aliphatic heterocycles. The van der Waals surface area contributed by atoms with Crippen molar-refractivity contribution in [3.05, 3.63) is 145 Å². The Morgan fingerprint density at radius 1 is 0.660 bits per heavy atom. The molecule has 6 aromatic carbocycles. The van der Waals surface area contributed by atoms with Gasteiger partial charge in [0, 0.05) is 48.9 Å². The maximum absolute atomic E-state index is 6.63. The van der Waals surface area contributed by atoms with Crippen LogP contribution in [0.1, 0.15) is 26.3 Å². The normalized spacial score (nSPS) is 12.3. The third-order valence-electron chi connectivity index (χ3n) is 10.4. The first-order chi connectivity index (χ1) is 25.4. The van der Waals surface area contributed by atoms with E-state index in [2.05, 4.69) is 145 Å². The number of para-hydroxylation sites is 3. The summed E-state index contributed by atoms with van der Waals surface area (Å²) in [6, 6.07) is 49.9. The SMILES string of the molecule is CC(C)(C)c1ccnc(-n2c3[c-]c(Oc4[c-]c5c(cc4)c4ccc6sc7ccccc7c6c4n4c6ccccc6nc54)ccc3c3ccccc32)c1.[Pd+2]. The second kappa shape index (κ2) is 11.7. The Labute approximate surface area is 322 Å². The minimum Gasteiger partial charge on any atom is -0.503 e. The average Bonchev–Trinajstić information content (AvgIpc) is 3.84. The van der Waals surface area contributed by atoms with E-state index in [1.807, 2.05) is 35.7 Å². The number of imidazole rings is 1. The van der Waals surface area contributed by atoms with Gasteiger partial charge in [-0.2, -0.15) is 6.07 Å². The van der Waals surface area contributed by atoms with E-state index in [-0.39, 0.29) is 25.8 Å². The number of hydrogen-bond donors (Lipinski definition) is 0. The average molecular weight is 793 g/mol. The second-order valence-corrected chi connectivity index (χ2v) is 15.6. The van der Waals surface area contributed by atoms with Gasteiger partial charge in [-0.1, -0.05) is 97.7 Å². The molecule has 11 rings (SSSR count). The molecule has 0 unspecified atom stereocenters. The first-order valence-electron chi connectivity index (χ1n) is 17.5. The first-order valence-corrected chi connectivity index (χ1v) is 18.3. The van der Waals surface area contributed by atoms with Crippen molar-refractivity contribution in [3.63, 3.8) is 0 Å². The monoisotopic (exact) mass is 792 g/mol. The fourth-order valence-electron chi connectivity index (χ4n) is 7.90. The number of rotatable bonds is 3. The fraction of sp³-hybridized carbons (Fsp3) is 0.0870. The van der Waals surface area contributed by atoms with Gasteiger partial charge < -0.3 is 13.7 Å². The van der Waals surface area contributed by atoms with Gasteiger partial charge in [0.15, 0.2) is 0 Å². The zero-order valence-electron chi connectivity index (χ0n) is 29.0. The van der Waals surface area contributed by atoms with E-state index in [9.17, 15) is 0 Å². The Hall–Kier alpha value is -5.58. The number of hydrogen-bond acceptors (Lipinski definition) is 4. The summed E-state index contributed by atoms with van der Waals surface area (Å²) in [6.45, 7) is 6.68. The van der Waals surface area contributed by atoms with Gasteiger partial charge in [0.25, 0.3) is 0 Å². The van der Waals surface area contributed by atoms with Gasteiger partial charge in [-0.15, -0.1) is 41.0 Å². The molecule has 5 aromatic heterocycles. The standard InChI is InChI=1S/C46H30N4OS.Pd/c1-46(2,3)27-22-23-47-42(24-27)49-37-13-7-4-10-31(37)32-19-17-29(26-39(32)49)51-28-16-18-30-33-20-21-41-43(34-11-5-9-15-40(34)52-41)44(33)50-38-14-8-6-12-36(38)48-45(50)35(30)25-28;/h4-24H,1-3H3;/q-2;+2. The molecular formula is C46H30N4OPdS. The zero-order valence-corrected chi connectivity index (χ0v) is 31.4. The molecule has 0 aliphatic rings. The van der Waals surface area contributed by atoms with Crippen LogP contribution in [0.5, 0.6) is 11.5 Å². The first kappa shape index (κ1) is 32.1. The second-order valence-electron chi connectivity index (χ2n) is 14.5. The Bertz CT molecular complexity index is 3280. The molecule has 0 radical (unpaired) electrons. The number of aromatic nitrogens is 4. The van der Waals surface area contributed by atoms with Crippen molar-refractivity contribution in [3.8, 4) is 17.3 Å². The van der Waals surface area contributed by atoms with E-state index >= 15 is 0 Å². The third kappa shape index (κ3) is 4.78. The van der Waals surface area contributed by atoms with Gasteiger partial charge in [0.1, 0.15) is 5.82 Å². The van der Waals surface area contributed by atoms with Crippen LogP contribution in [-0.2, 0) is 25.8 Å². The number of nitrogens with zero attached hydrogens (tertiary/aromatic N) is 4. The number of pyridine rings is 2. The third-order valence-corrected chi connectivity index (χ3v) is 11.5. The maximum atomic E-state index is 6.63. The van der Waals surface area contributed by atoms with Crippen molar-refractivity contribution in [2.75, 3.05) is 0 Å². The minimum atomic E-state index is -0.0126. The molecule has 0 atom stereocenters. The van der Waals surface area contributed by atoms with Crippen LogP contribution in [0.25, 0.3) is 86.2 Å². The molecule has 0 amide bonds. The molecule has 0 fully saturated rings.